The lowest BCUT2D eigenvalue weighted by Crippen LogP contribution is -2.45. The van der Waals surface area contributed by atoms with E-state index in [0.717, 1.165) is 6.33 Å². The molecule has 0 aromatic carbocycles. The molecule has 27 heavy (non-hydrogen) atoms. The van der Waals surface area contributed by atoms with E-state index in [1.54, 1.807) is 0 Å². The molecule has 5 unspecified atom stereocenters. The van der Waals surface area contributed by atoms with E-state index in [2.05, 4.69) is 19.5 Å². The normalized spacial score (nSPS) is 29.1. The summed E-state index contributed by atoms with van der Waals surface area (Å²) in [7, 11) is -6.08. The number of ether oxygens (including phenoxy) is 1. The molecule has 16 heteroatoms. The minimum absolute atomic E-state index is 0.0137. The Hall–Kier alpha value is -1.73. The molecular weight excluding hydrogens is 408 g/mol. The first kappa shape index (κ1) is 20.0. The van der Waals surface area contributed by atoms with Crippen LogP contribution in [0, 0.1) is 0 Å². The van der Waals surface area contributed by atoms with Gasteiger partial charge in [-0.05, 0) is 6.92 Å². The highest BCUT2D eigenvalue weighted by Gasteiger charge is 2.59. The molecule has 3 heterocycles. The number of hydrogen-bond donors (Lipinski definition) is 5. The Morgan fingerprint density at radius 3 is 2.70 bits per heavy atom. The van der Waals surface area contributed by atoms with Gasteiger partial charge in [0.05, 0.1) is 6.33 Å². The van der Waals surface area contributed by atoms with E-state index >= 15 is 0 Å². The second-order valence-corrected chi connectivity index (χ2v) is 7.13. The first-order valence-electron chi connectivity index (χ1n) is 7.33. The van der Waals surface area contributed by atoms with Crippen molar-refractivity contribution in [2.24, 2.45) is 0 Å². The van der Waals surface area contributed by atoms with Crippen molar-refractivity contribution in [1.29, 1.82) is 0 Å². The highest BCUT2D eigenvalue weighted by atomic mass is 31.1. The Morgan fingerprint density at radius 1 is 1.33 bits per heavy atom. The summed E-state index contributed by atoms with van der Waals surface area (Å²) in [6.45, 7) is 0.801. The number of anilines is 1. The van der Waals surface area contributed by atoms with Gasteiger partial charge in [-0.3, -0.25) is 15.3 Å². The lowest BCUT2D eigenvalue weighted by Gasteiger charge is -2.26. The van der Waals surface area contributed by atoms with Crippen LogP contribution in [0.3, 0.4) is 0 Å². The third-order valence-electron chi connectivity index (χ3n) is 3.99. The molecule has 0 bridgehead atoms. The molecule has 0 spiro atoms. The summed E-state index contributed by atoms with van der Waals surface area (Å²) in [6.07, 6.45) is -1.35. The number of nitrogens with zero attached hydrogens (tertiary/aromatic N) is 4. The third-order valence-corrected chi connectivity index (χ3v) is 4.77. The maximum Gasteiger partial charge on any atom is 0.695 e. The van der Waals surface area contributed by atoms with Gasteiger partial charge >= 0.3 is 16.5 Å². The lowest BCUT2D eigenvalue weighted by atomic mass is 9.96. The zero-order chi connectivity index (χ0) is 19.8. The molecule has 0 amide bonds. The Kier molecular flexibility index (Phi) is 5.72. The van der Waals surface area contributed by atoms with Crippen LogP contribution in [0.4, 0.5) is 5.82 Å². The molecule has 3 rings (SSSR count). The molecule has 0 aliphatic carbocycles. The van der Waals surface area contributed by atoms with E-state index in [4.69, 9.17) is 24.3 Å². The van der Waals surface area contributed by atoms with E-state index in [-0.39, 0.29) is 17.0 Å². The maximum absolute atomic E-state index is 11.2. The summed E-state index contributed by atoms with van der Waals surface area (Å²) in [4.78, 5) is 29.8. The third kappa shape index (κ3) is 3.80. The number of hydrogen-bond acceptors (Lipinski definition) is 11. The number of rotatable bonds is 7. The molecule has 0 saturated carbocycles. The molecule has 5 N–H and O–H groups in total. The average Bonchev–Trinajstić information content (AvgIpc) is 3.12. The Bertz CT molecular complexity index is 877. The molecule has 1 saturated heterocycles. The van der Waals surface area contributed by atoms with Crippen LogP contribution in [-0.2, 0) is 22.9 Å². The van der Waals surface area contributed by atoms with Crippen molar-refractivity contribution >= 4 is 33.5 Å². The van der Waals surface area contributed by atoms with Gasteiger partial charge in [0.15, 0.2) is 29.3 Å². The van der Waals surface area contributed by atoms with Gasteiger partial charge in [0.2, 0.25) is 0 Å². The van der Waals surface area contributed by atoms with Gasteiger partial charge in [-0.15, -0.1) is 18.8 Å². The lowest BCUT2D eigenvalue weighted by molar-refractivity contribution is -0.0920. The molecule has 2 aromatic rings. The van der Waals surface area contributed by atoms with Crippen LogP contribution < -0.4 is 5.48 Å². The predicted molar refractivity (Wildman–Crippen MR) is 85.7 cm³/mol. The van der Waals surface area contributed by atoms with Crippen LogP contribution in [0.1, 0.15) is 13.2 Å². The van der Waals surface area contributed by atoms with Crippen molar-refractivity contribution in [2.75, 3.05) is 12.1 Å². The van der Waals surface area contributed by atoms with Crippen LogP contribution in [0.2, 0.25) is 0 Å². The first-order chi connectivity index (χ1) is 12.8. The standard InChI is InChI=1S/C11H13N5O9P2/c1-11(17)7(25-27(21)22)5(2-23-26(19)20)24-10(11)16-4-14-6-8(15-18)12-3-13-9(6)16/h3-5,7,10,17H,2H2,1H3,(H2-2,12,13,15,18,19,20,21,22)/p+2/t5?,7?,10?,11-/m1/s1. The van der Waals surface area contributed by atoms with Crippen molar-refractivity contribution < 1.29 is 43.0 Å². The van der Waals surface area contributed by atoms with Crippen molar-refractivity contribution in [3.63, 3.8) is 0 Å². The average molecular weight is 423 g/mol. The quantitative estimate of drug-likeness (QED) is 0.294. The molecule has 2 aromatic heterocycles. The number of fused-ring (bicyclic) bond motifs is 1. The van der Waals surface area contributed by atoms with Crippen molar-refractivity contribution in [2.45, 2.75) is 31.0 Å². The fourth-order valence-corrected chi connectivity index (χ4v) is 3.70. The fourth-order valence-electron chi connectivity index (χ4n) is 2.88. The fraction of sp³-hybridized carbons (Fsp3) is 0.545. The summed E-state index contributed by atoms with van der Waals surface area (Å²) < 4.78 is 38.4. The van der Waals surface area contributed by atoms with Gasteiger partial charge < -0.3 is 9.84 Å². The van der Waals surface area contributed by atoms with E-state index in [1.807, 2.05) is 5.48 Å². The highest BCUT2D eigenvalue weighted by Crippen LogP contribution is 2.44. The van der Waals surface area contributed by atoms with Crippen molar-refractivity contribution in [3.05, 3.63) is 12.7 Å². The van der Waals surface area contributed by atoms with Gasteiger partial charge in [-0.1, -0.05) is 0 Å². The van der Waals surface area contributed by atoms with Crippen LogP contribution in [0.25, 0.3) is 11.2 Å². The second-order valence-electron chi connectivity index (χ2n) is 5.71. The topological polar surface area (TPSA) is 198 Å². The molecular formula is C11H15N5O9P2+2. The van der Waals surface area contributed by atoms with E-state index in [1.165, 1.54) is 17.8 Å². The van der Waals surface area contributed by atoms with E-state index in [0.29, 0.717) is 0 Å². The van der Waals surface area contributed by atoms with Gasteiger partial charge in [-0.25, -0.2) is 15.0 Å². The second kappa shape index (κ2) is 7.72. The smallest absolute Gasteiger partial charge is 0.382 e. The van der Waals surface area contributed by atoms with E-state index < -0.39 is 47.2 Å². The highest BCUT2D eigenvalue weighted by molar-refractivity contribution is 7.32. The zero-order valence-corrected chi connectivity index (χ0v) is 15.4. The minimum Gasteiger partial charge on any atom is -0.382 e. The molecule has 6 atom stereocenters. The van der Waals surface area contributed by atoms with Crippen LogP contribution >= 0.6 is 16.5 Å². The van der Waals surface area contributed by atoms with Crippen molar-refractivity contribution in [1.82, 2.24) is 19.5 Å². The minimum atomic E-state index is -3.12. The number of nitrogens with one attached hydrogen (secondary N) is 1. The number of aliphatic hydroxyl groups is 1. The van der Waals surface area contributed by atoms with Gasteiger partial charge in [0, 0.05) is 9.13 Å². The summed E-state index contributed by atoms with van der Waals surface area (Å²) >= 11 is 0. The molecule has 1 aliphatic rings. The van der Waals surface area contributed by atoms with Gasteiger partial charge in [0.1, 0.15) is 24.6 Å². The first-order valence-corrected chi connectivity index (χ1v) is 9.59. The summed E-state index contributed by atoms with van der Waals surface area (Å²) in [5.74, 6) is 0.0137. The predicted octanol–water partition coefficient (Wildman–Crippen LogP) is -0.0230. The Balaban J connectivity index is 2.00. The van der Waals surface area contributed by atoms with Gasteiger partial charge in [0.25, 0.3) is 0 Å². The van der Waals surface area contributed by atoms with E-state index in [9.17, 15) is 14.2 Å². The zero-order valence-electron chi connectivity index (χ0n) is 13.6. The van der Waals surface area contributed by atoms with Crippen molar-refractivity contribution in [3.8, 4) is 0 Å². The summed E-state index contributed by atoms with van der Waals surface area (Å²) in [5.41, 5.74) is 0.328. The Labute approximate surface area is 152 Å². The molecule has 0 radical (unpaired) electrons. The molecule has 1 aliphatic heterocycles. The summed E-state index contributed by atoms with van der Waals surface area (Å²) in [5, 5.41) is 20.0. The number of aromatic nitrogens is 4. The summed E-state index contributed by atoms with van der Waals surface area (Å²) in [6, 6.07) is 0. The number of imidazole rings is 1. The monoisotopic (exact) mass is 423 g/mol. The van der Waals surface area contributed by atoms with Crippen LogP contribution in [0.5, 0.6) is 0 Å². The van der Waals surface area contributed by atoms with Crippen LogP contribution in [-0.4, -0.2) is 64.0 Å². The van der Waals surface area contributed by atoms with Crippen LogP contribution in [0.15, 0.2) is 12.7 Å². The SMILES string of the molecule is C[C@@]1(O)C(O[P+](=O)O)C(CO[P+](=O)O)OC1n1cnc2c(NO)ncnc21. The molecule has 14 nitrogen and oxygen atoms in total. The largest absolute Gasteiger partial charge is 0.695 e. The molecule has 146 valence electrons. The molecule has 1 fully saturated rings. The Morgan fingerprint density at radius 2 is 2.07 bits per heavy atom. The van der Waals surface area contributed by atoms with Gasteiger partial charge in [-0.2, -0.15) is 0 Å². The maximum atomic E-state index is 11.2.